The molecule has 0 saturated heterocycles. The second kappa shape index (κ2) is 11.8. The Morgan fingerprint density at radius 1 is 1.06 bits per heavy atom. The summed E-state index contributed by atoms with van der Waals surface area (Å²) in [6.07, 6.45) is 2.14. The normalized spacial score (nSPS) is 10.6. The smallest absolute Gasteiger partial charge is 0.329 e. The molecular weight excluding hydrogens is 464 g/mol. The number of halogens is 1. The van der Waals surface area contributed by atoms with Crippen molar-refractivity contribution in [3.05, 3.63) is 57.6 Å². The number of hydrogen-bond acceptors (Lipinski definition) is 5. The van der Waals surface area contributed by atoms with Crippen LogP contribution >= 0.6 is 15.9 Å². The first-order chi connectivity index (χ1) is 14.8. The standard InChI is InChI=1S/C22H25BrN4O4/c1-4-9-24-21(29)22(30)27-25-12-16-5-7-18(8-6-16)31-13-19(28)26-20-14(2)10-17(23)11-15(20)3/h5-8,10-12H,4,9,13H2,1-3H3,(H,24,29)(H,26,28)(H,27,30)/b25-12-. The van der Waals surface area contributed by atoms with Gasteiger partial charge in [0.2, 0.25) is 0 Å². The topological polar surface area (TPSA) is 109 Å². The molecule has 9 heteroatoms. The van der Waals surface area contributed by atoms with Crippen molar-refractivity contribution in [3.8, 4) is 5.75 Å². The van der Waals surface area contributed by atoms with Crippen molar-refractivity contribution in [2.75, 3.05) is 18.5 Å². The molecule has 3 N–H and O–H groups in total. The van der Waals surface area contributed by atoms with Gasteiger partial charge in [-0.15, -0.1) is 0 Å². The molecule has 2 aromatic carbocycles. The number of amides is 3. The van der Waals surface area contributed by atoms with Crippen LogP contribution in [0.25, 0.3) is 0 Å². The number of carbonyl (C=O) groups excluding carboxylic acids is 3. The Kier molecular flexibility index (Phi) is 9.20. The lowest BCUT2D eigenvalue weighted by Crippen LogP contribution is -2.38. The molecule has 0 aliphatic rings. The molecule has 0 aliphatic carbocycles. The van der Waals surface area contributed by atoms with Crippen molar-refractivity contribution in [3.63, 3.8) is 0 Å². The maximum Gasteiger partial charge on any atom is 0.329 e. The van der Waals surface area contributed by atoms with Crippen LogP contribution in [0.15, 0.2) is 46.0 Å². The Balaban J connectivity index is 1.82. The lowest BCUT2D eigenvalue weighted by atomic mass is 10.1. The summed E-state index contributed by atoms with van der Waals surface area (Å²) in [7, 11) is 0. The average molecular weight is 489 g/mol. The number of hydrazone groups is 1. The van der Waals surface area contributed by atoms with Gasteiger partial charge in [-0.3, -0.25) is 14.4 Å². The van der Waals surface area contributed by atoms with Gasteiger partial charge in [0.05, 0.1) is 6.21 Å². The second-order valence-corrected chi connectivity index (χ2v) is 7.69. The number of ether oxygens (including phenoxy) is 1. The van der Waals surface area contributed by atoms with Crippen LogP contribution in [0, 0.1) is 13.8 Å². The van der Waals surface area contributed by atoms with Crippen molar-refractivity contribution in [2.24, 2.45) is 5.10 Å². The molecule has 0 heterocycles. The Hall–Kier alpha value is -3.20. The molecule has 2 rings (SSSR count). The van der Waals surface area contributed by atoms with E-state index in [1.807, 2.05) is 32.9 Å². The minimum atomic E-state index is -0.827. The van der Waals surface area contributed by atoms with Crippen molar-refractivity contribution < 1.29 is 19.1 Å². The number of aryl methyl sites for hydroxylation is 2. The van der Waals surface area contributed by atoms with Gasteiger partial charge in [0.15, 0.2) is 6.61 Å². The van der Waals surface area contributed by atoms with Crippen molar-refractivity contribution in [2.45, 2.75) is 27.2 Å². The van der Waals surface area contributed by atoms with Crippen molar-refractivity contribution >= 4 is 45.6 Å². The number of carbonyl (C=O) groups is 3. The van der Waals surface area contributed by atoms with Crippen LogP contribution in [0.2, 0.25) is 0 Å². The molecule has 0 unspecified atom stereocenters. The van der Waals surface area contributed by atoms with Gasteiger partial charge in [0.25, 0.3) is 5.91 Å². The summed E-state index contributed by atoms with van der Waals surface area (Å²) in [6, 6.07) is 10.7. The third-order valence-corrected chi connectivity index (χ3v) is 4.59. The molecule has 31 heavy (non-hydrogen) atoms. The van der Waals surface area contributed by atoms with E-state index < -0.39 is 11.8 Å². The molecule has 0 radical (unpaired) electrons. The molecule has 164 valence electrons. The Morgan fingerprint density at radius 2 is 1.71 bits per heavy atom. The van der Waals surface area contributed by atoms with Crippen LogP contribution < -0.4 is 20.8 Å². The van der Waals surface area contributed by atoms with Gasteiger partial charge in [-0.1, -0.05) is 22.9 Å². The lowest BCUT2D eigenvalue weighted by molar-refractivity contribution is -0.139. The van der Waals surface area contributed by atoms with Crippen LogP contribution in [0.1, 0.15) is 30.0 Å². The van der Waals surface area contributed by atoms with E-state index >= 15 is 0 Å². The Morgan fingerprint density at radius 3 is 2.32 bits per heavy atom. The van der Waals surface area contributed by atoms with Gasteiger partial charge in [-0.05, 0) is 73.4 Å². The molecule has 0 aromatic heterocycles. The second-order valence-electron chi connectivity index (χ2n) is 6.78. The third-order valence-electron chi connectivity index (χ3n) is 4.13. The number of hydrogen-bond donors (Lipinski definition) is 3. The first-order valence-electron chi connectivity index (χ1n) is 9.70. The van der Waals surface area contributed by atoms with Crippen LogP contribution in [-0.4, -0.2) is 37.1 Å². The zero-order valence-corrected chi connectivity index (χ0v) is 19.2. The summed E-state index contributed by atoms with van der Waals surface area (Å²) < 4.78 is 6.48. The van der Waals surface area contributed by atoms with Gasteiger partial charge in [-0.25, -0.2) is 5.43 Å². The Bertz CT molecular complexity index is 951. The highest BCUT2D eigenvalue weighted by atomic mass is 79.9. The summed E-state index contributed by atoms with van der Waals surface area (Å²) >= 11 is 3.43. The first-order valence-corrected chi connectivity index (χ1v) is 10.5. The maximum absolute atomic E-state index is 12.2. The van der Waals surface area contributed by atoms with Gasteiger partial charge in [0, 0.05) is 16.7 Å². The van der Waals surface area contributed by atoms with Gasteiger partial charge < -0.3 is 15.4 Å². The summed E-state index contributed by atoms with van der Waals surface area (Å²) in [5, 5.41) is 9.08. The molecular formula is C22H25BrN4O4. The minimum absolute atomic E-state index is 0.134. The first kappa shape index (κ1) is 24.1. The van der Waals surface area contributed by atoms with Crippen molar-refractivity contribution in [1.29, 1.82) is 0 Å². The summed E-state index contributed by atoms with van der Waals surface area (Å²) in [4.78, 5) is 35.2. The number of nitrogens with one attached hydrogen (secondary N) is 3. The molecule has 3 amide bonds. The van der Waals surface area contributed by atoms with E-state index in [0.29, 0.717) is 17.9 Å². The predicted molar refractivity (Wildman–Crippen MR) is 123 cm³/mol. The van der Waals surface area contributed by atoms with Gasteiger partial charge in [0.1, 0.15) is 5.75 Å². The quantitative estimate of drug-likeness (QED) is 0.301. The van der Waals surface area contributed by atoms with Gasteiger partial charge in [-0.2, -0.15) is 5.10 Å². The van der Waals surface area contributed by atoms with Crippen LogP contribution in [0.4, 0.5) is 5.69 Å². The molecule has 0 fully saturated rings. The van der Waals surface area contributed by atoms with E-state index in [2.05, 4.69) is 37.1 Å². The monoisotopic (exact) mass is 488 g/mol. The number of anilines is 1. The summed E-state index contributed by atoms with van der Waals surface area (Å²) in [5.74, 6) is -1.30. The van der Waals surface area contributed by atoms with Crippen LogP contribution in [0.5, 0.6) is 5.75 Å². The van der Waals surface area contributed by atoms with Gasteiger partial charge >= 0.3 is 11.8 Å². The number of benzene rings is 2. The van der Waals surface area contributed by atoms with E-state index in [-0.39, 0.29) is 12.5 Å². The Labute approximate surface area is 189 Å². The molecule has 0 bridgehead atoms. The number of nitrogens with zero attached hydrogens (tertiary/aromatic N) is 1. The fourth-order valence-electron chi connectivity index (χ4n) is 2.62. The zero-order valence-electron chi connectivity index (χ0n) is 17.6. The molecule has 0 saturated carbocycles. The zero-order chi connectivity index (χ0) is 22.8. The maximum atomic E-state index is 12.2. The summed E-state index contributed by atoms with van der Waals surface area (Å²) in [5.41, 5.74) is 5.54. The molecule has 8 nitrogen and oxygen atoms in total. The lowest BCUT2D eigenvalue weighted by Gasteiger charge is -2.13. The highest BCUT2D eigenvalue weighted by Gasteiger charge is 2.11. The largest absolute Gasteiger partial charge is 0.484 e. The fraction of sp³-hybridized carbons (Fsp3) is 0.273. The van der Waals surface area contributed by atoms with E-state index in [1.165, 1.54) is 6.21 Å². The molecule has 0 spiro atoms. The average Bonchev–Trinajstić information content (AvgIpc) is 2.73. The SMILES string of the molecule is CCCNC(=O)C(=O)N/N=C\c1ccc(OCC(=O)Nc2c(C)cc(Br)cc2C)cc1. The van der Waals surface area contributed by atoms with E-state index in [0.717, 1.165) is 27.7 Å². The van der Waals surface area contributed by atoms with Crippen LogP contribution in [0.3, 0.4) is 0 Å². The van der Waals surface area contributed by atoms with Crippen molar-refractivity contribution in [1.82, 2.24) is 10.7 Å². The highest BCUT2D eigenvalue weighted by Crippen LogP contribution is 2.25. The predicted octanol–water partition coefficient (Wildman–Crippen LogP) is 3.06. The molecule has 0 atom stereocenters. The van der Waals surface area contributed by atoms with E-state index in [4.69, 9.17) is 4.74 Å². The summed E-state index contributed by atoms with van der Waals surface area (Å²) in [6.45, 7) is 6.03. The highest BCUT2D eigenvalue weighted by molar-refractivity contribution is 9.10. The van der Waals surface area contributed by atoms with Crippen LogP contribution in [-0.2, 0) is 14.4 Å². The minimum Gasteiger partial charge on any atom is -0.484 e. The van der Waals surface area contributed by atoms with E-state index in [1.54, 1.807) is 24.3 Å². The fourth-order valence-corrected chi connectivity index (χ4v) is 3.30. The van der Waals surface area contributed by atoms with E-state index in [9.17, 15) is 14.4 Å². The third kappa shape index (κ3) is 7.86. The number of rotatable bonds is 8. The molecule has 0 aliphatic heterocycles. The molecule has 2 aromatic rings.